The normalized spacial score (nSPS) is 16.8. The van der Waals surface area contributed by atoms with Crippen molar-refractivity contribution in [1.82, 2.24) is 5.09 Å². The van der Waals surface area contributed by atoms with Crippen molar-refractivity contribution in [2.75, 3.05) is 0 Å². The van der Waals surface area contributed by atoms with Crippen molar-refractivity contribution in [3.63, 3.8) is 0 Å². The van der Waals surface area contributed by atoms with Gasteiger partial charge in [0.2, 0.25) is 5.91 Å². The van der Waals surface area contributed by atoms with Crippen molar-refractivity contribution in [2.45, 2.75) is 27.2 Å². The molecule has 0 heterocycles. The summed E-state index contributed by atoms with van der Waals surface area (Å²) in [5.41, 5.74) is -0.855. The van der Waals surface area contributed by atoms with Crippen LogP contribution < -0.4 is 9.98 Å². The largest absolute Gasteiger partial charge is 0.758 e. The van der Waals surface area contributed by atoms with E-state index in [0.29, 0.717) is 6.42 Å². The van der Waals surface area contributed by atoms with Gasteiger partial charge in [0.05, 0.1) is 0 Å². The molecular formula is C6H12FNO3P-. The van der Waals surface area contributed by atoms with Crippen molar-refractivity contribution in [3.8, 4) is 0 Å². The summed E-state index contributed by atoms with van der Waals surface area (Å²) in [7, 11) is -5.18. The first-order chi connectivity index (χ1) is 5.19. The second kappa shape index (κ2) is 3.54. The van der Waals surface area contributed by atoms with E-state index in [1.807, 2.05) is 0 Å². The molecule has 1 atom stereocenters. The average molecular weight is 196 g/mol. The summed E-state index contributed by atoms with van der Waals surface area (Å²) in [6.45, 7) is 4.80. The topological polar surface area (TPSA) is 69.2 Å². The van der Waals surface area contributed by atoms with Gasteiger partial charge in [0.1, 0.15) is 0 Å². The van der Waals surface area contributed by atoms with Crippen molar-refractivity contribution in [3.05, 3.63) is 0 Å². The van der Waals surface area contributed by atoms with Crippen molar-refractivity contribution < 1.29 is 18.4 Å². The van der Waals surface area contributed by atoms with Gasteiger partial charge in [-0.25, -0.2) is 0 Å². The van der Waals surface area contributed by atoms with Crippen LogP contribution >= 0.6 is 7.83 Å². The third-order valence-corrected chi connectivity index (χ3v) is 2.20. The zero-order valence-corrected chi connectivity index (χ0v) is 8.15. The van der Waals surface area contributed by atoms with Crippen LogP contribution in [0.3, 0.4) is 0 Å². The first-order valence-corrected chi connectivity index (χ1v) is 5.04. The van der Waals surface area contributed by atoms with Gasteiger partial charge >= 0.3 is 0 Å². The number of hydrogen-bond acceptors (Lipinski definition) is 3. The highest BCUT2D eigenvalue weighted by molar-refractivity contribution is 7.49. The van der Waals surface area contributed by atoms with Gasteiger partial charge in [-0.2, -0.15) is 4.20 Å². The summed E-state index contributed by atoms with van der Waals surface area (Å²) in [4.78, 5) is 21.0. The Morgan fingerprint density at radius 3 is 2.33 bits per heavy atom. The lowest BCUT2D eigenvalue weighted by Gasteiger charge is -2.24. The average Bonchev–Trinajstić information content (AvgIpc) is 1.84. The first kappa shape index (κ1) is 11.6. The quantitative estimate of drug-likeness (QED) is 0.684. The van der Waals surface area contributed by atoms with E-state index in [0.717, 1.165) is 0 Å². The maximum Gasteiger partial charge on any atom is 0.273 e. The number of hydrogen-bond donors (Lipinski definition) is 1. The number of carbonyl (C=O) groups excluding carboxylic acids is 1. The molecule has 0 aromatic heterocycles. The van der Waals surface area contributed by atoms with Crippen molar-refractivity contribution >= 4 is 13.7 Å². The minimum absolute atomic E-state index is 0.443. The van der Waals surface area contributed by atoms with E-state index in [2.05, 4.69) is 0 Å². The van der Waals surface area contributed by atoms with E-state index < -0.39 is 19.2 Å². The molecule has 4 nitrogen and oxygen atoms in total. The van der Waals surface area contributed by atoms with Crippen LogP contribution in [0.25, 0.3) is 0 Å². The molecule has 1 unspecified atom stereocenters. The Morgan fingerprint density at radius 2 is 2.08 bits per heavy atom. The third-order valence-electron chi connectivity index (χ3n) is 1.73. The van der Waals surface area contributed by atoms with Crippen LogP contribution in [-0.4, -0.2) is 5.91 Å². The Balaban J connectivity index is 4.34. The lowest BCUT2D eigenvalue weighted by atomic mass is 9.90. The lowest BCUT2D eigenvalue weighted by molar-refractivity contribution is -0.190. The number of nitrogens with one attached hydrogen (secondary N) is 1. The number of amides is 1. The van der Waals surface area contributed by atoms with Gasteiger partial charge in [-0.3, -0.25) is 14.4 Å². The molecule has 0 bridgehead atoms. The highest BCUT2D eigenvalue weighted by atomic mass is 31.2. The molecule has 0 saturated heterocycles. The summed E-state index contributed by atoms with van der Waals surface area (Å²) in [6, 6.07) is 0. The predicted molar refractivity (Wildman–Crippen MR) is 40.9 cm³/mol. The smallest absolute Gasteiger partial charge is 0.273 e. The molecule has 0 aliphatic rings. The standard InChI is InChI=1S/C6H13FNO3P/c1-4-6(2,3)5(9)8-12(7,10)11/h4H2,1-3H3,(H2,8,9,10,11)/p-1. The summed E-state index contributed by atoms with van der Waals surface area (Å²) < 4.78 is 22.0. The van der Waals surface area contributed by atoms with Crippen LogP contribution in [0.5, 0.6) is 0 Å². The fraction of sp³-hybridized carbons (Fsp3) is 0.833. The highest BCUT2D eigenvalue weighted by Gasteiger charge is 2.27. The minimum Gasteiger partial charge on any atom is -0.758 e. The van der Waals surface area contributed by atoms with Gasteiger partial charge in [-0.15, -0.1) is 0 Å². The minimum atomic E-state index is -5.18. The van der Waals surface area contributed by atoms with Gasteiger partial charge in [0.25, 0.3) is 7.83 Å². The Kier molecular flexibility index (Phi) is 3.42. The molecule has 0 aliphatic heterocycles. The predicted octanol–water partition coefficient (Wildman–Crippen LogP) is 0.977. The molecular weight excluding hydrogens is 184 g/mol. The second-order valence-corrected chi connectivity index (χ2v) is 4.34. The van der Waals surface area contributed by atoms with Crippen molar-refractivity contribution in [2.24, 2.45) is 5.41 Å². The number of rotatable bonds is 3. The Morgan fingerprint density at radius 1 is 1.67 bits per heavy atom. The Bertz CT molecular complexity index is 223. The maximum absolute atomic E-state index is 12.0. The molecule has 12 heavy (non-hydrogen) atoms. The van der Waals surface area contributed by atoms with E-state index in [1.54, 1.807) is 6.92 Å². The van der Waals surface area contributed by atoms with Crippen LogP contribution in [0.15, 0.2) is 0 Å². The highest BCUT2D eigenvalue weighted by Crippen LogP contribution is 2.33. The second-order valence-electron chi connectivity index (χ2n) is 3.16. The zero-order valence-electron chi connectivity index (χ0n) is 7.26. The van der Waals surface area contributed by atoms with Crippen LogP contribution in [0.4, 0.5) is 4.20 Å². The van der Waals surface area contributed by atoms with Gasteiger partial charge in [0.15, 0.2) is 0 Å². The molecule has 6 heteroatoms. The molecule has 72 valence electrons. The molecule has 0 aliphatic carbocycles. The summed E-state index contributed by atoms with van der Waals surface area (Å²) in [6.07, 6.45) is 0.443. The van der Waals surface area contributed by atoms with Crippen LogP contribution in [0.1, 0.15) is 27.2 Å². The first-order valence-electron chi connectivity index (χ1n) is 3.52. The van der Waals surface area contributed by atoms with E-state index in [9.17, 15) is 18.4 Å². The fourth-order valence-corrected chi connectivity index (χ4v) is 0.978. The molecule has 1 amide bonds. The van der Waals surface area contributed by atoms with Gasteiger partial charge < -0.3 is 4.89 Å². The van der Waals surface area contributed by atoms with Crippen molar-refractivity contribution in [1.29, 1.82) is 0 Å². The van der Waals surface area contributed by atoms with E-state index in [1.165, 1.54) is 18.9 Å². The zero-order chi connectivity index (χ0) is 9.99. The van der Waals surface area contributed by atoms with E-state index >= 15 is 0 Å². The Hall–Kier alpha value is -0.410. The number of halogens is 1. The number of carbonyl (C=O) groups is 1. The summed E-state index contributed by atoms with van der Waals surface area (Å²) in [5.74, 6) is -0.814. The monoisotopic (exact) mass is 196 g/mol. The molecule has 0 radical (unpaired) electrons. The molecule has 0 rings (SSSR count). The van der Waals surface area contributed by atoms with E-state index in [4.69, 9.17) is 0 Å². The molecule has 0 saturated carbocycles. The summed E-state index contributed by atoms with van der Waals surface area (Å²) >= 11 is 0. The molecule has 1 N–H and O–H groups in total. The van der Waals surface area contributed by atoms with E-state index in [-0.39, 0.29) is 0 Å². The third kappa shape index (κ3) is 3.83. The summed E-state index contributed by atoms with van der Waals surface area (Å²) in [5, 5.41) is 1.30. The maximum atomic E-state index is 12.0. The van der Waals surface area contributed by atoms with Gasteiger partial charge in [0, 0.05) is 5.41 Å². The fourth-order valence-electron chi connectivity index (χ4n) is 0.433. The van der Waals surface area contributed by atoms with Crippen LogP contribution in [-0.2, 0) is 9.36 Å². The van der Waals surface area contributed by atoms with Crippen LogP contribution in [0.2, 0.25) is 0 Å². The SMILES string of the molecule is CCC(C)(C)C(=O)NP(=O)([O-])F. The van der Waals surface area contributed by atoms with Crippen LogP contribution in [0, 0.1) is 5.41 Å². The van der Waals surface area contributed by atoms with Gasteiger partial charge in [-0.05, 0) is 6.42 Å². The Labute approximate surface area is 70.8 Å². The molecule has 0 aromatic rings. The molecule has 0 spiro atoms. The molecule has 0 aromatic carbocycles. The van der Waals surface area contributed by atoms with Gasteiger partial charge in [-0.1, -0.05) is 20.8 Å². The molecule has 0 fully saturated rings. The lowest BCUT2D eigenvalue weighted by Crippen LogP contribution is -2.35.